The van der Waals surface area contributed by atoms with Gasteiger partial charge in [-0.2, -0.15) is 0 Å². The molecule has 1 saturated heterocycles. The molecule has 5 nitrogen and oxygen atoms in total. The fourth-order valence-corrected chi connectivity index (χ4v) is 1.83. The van der Waals surface area contributed by atoms with E-state index in [2.05, 4.69) is 0 Å². The summed E-state index contributed by atoms with van der Waals surface area (Å²) in [5.74, 6) is -0.212. The van der Waals surface area contributed by atoms with E-state index in [-0.39, 0.29) is 11.9 Å². The number of nitrogens with two attached hydrogens (primary N) is 1. The molecule has 1 aliphatic heterocycles. The molecule has 0 aromatic heterocycles. The molecule has 2 atom stereocenters. The molecule has 3 N–H and O–H groups in total. The van der Waals surface area contributed by atoms with Crippen LogP contribution in [0.1, 0.15) is 12.0 Å². The number of aromatic hydroxyl groups is 1. The first kappa shape index (κ1) is 12.9. The molecule has 2 unspecified atom stereocenters. The van der Waals surface area contributed by atoms with Crippen LogP contribution in [0, 0.1) is 0 Å². The van der Waals surface area contributed by atoms with Gasteiger partial charge in [-0.05, 0) is 24.1 Å². The first-order chi connectivity index (χ1) is 8.65. The summed E-state index contributed by atoms with van der Waals surface area (Å²) in [5.41, 5.74) is 6.68. The Morgan fingerprint density at radius 2 is 2.22 bits per heavy atom. The summed E-state index contributed by atoms with van der Waals surface area (Å²) in [6.45, 7) is 1.09. The summed E-state index contributed by atoms with van der Waals surface area (Å²) in [4.78, 5) is 11.7. The Bertz CT molecular complexity index is 398. The normalized spacial score (nSPS) is 20.6. The first-order valence-corrected chi connectivity index (χ1v) is 5.97. The Morgan fingerprint density at radius 1 is 1.50 bits per heavy atom. The van der Waals surface area contributed by atoms with Gasteiger partial charge in [0.15, 0.2) is 0 Å². The standard InChI is InChI=1S/C13H17NO4/c14-12(7-9-1-3-10(15)4-2-9)13(16)18-11-5-6-17-8-11/h1-4,11-12,15H,5-8,14H2. The van der Waals surface area contributed by atoms with E-state index in [0.717, 1.165) is 12.0 Å². The van der Waals surface area contributed by atoms with Crippen molar-refractivity contribution in [2.75, 3.05) is 13.2 Å². The zero-order valence-corrected chi connectivity index (χ0v) is 10.0. The average Bonchev–Trinajstić information content (AvgIpc) is 2.85. The number of esters is 1. The molecule has 1 aromatic carbocycles. The molecule has 1 heterocycles. The Balaban J connectivity index is 1.84. The molecule has 1 aliphatic rings. The molecule has 0 amide bonds. The number of carbonyl (C=O) groups is 1. The molecule has 0 radical (unpaired) electrons. The van der Waals surface area contributed by atoms with Crippen molar-refractivity contribution in [2.24, 2.45) is 5.73 Å². The van der Waals surface area contributed by atoms with Crippen LogP contribution in [0.25, 0.3) is 0 Å². The van der Waals surface area contributed by atoms with Gasteiger partial charge in [0.1, 0.15) is 17.9 Å². The van der Waals surface area contributed by atoms with Crippen molar-refractivity contribution in [1.82, 2.24) is 0 Å². The molecule has 0 saturated carbocycles. The number of carbonyl (C=O) groups excluding carboxylic acids is 1. The van der Waals surface area contributed by atoms with E-state index in [1.807, 2.05) is 0 Å². The number of benzene rings is 1. The molecule has 1 fully saturated rings. The molecule has 0 spiro atoms. The molecule has 18 heavy (non-hydrogen) atoms. The summed E-state index contributed by atoms with van der Waals surface area (Å²) in [7, 11) is 0. The van der Waals surface area contributed by atoms with Crippen molar-refractivity contribution in [3.05, 3.63) is 29.8 Å². The molecule has 2 rings (SSSR count). The van der Waals surface area contributed by atoms with Gasteiger partial charge in [0.05, 0.1) is 13.2 Å². The zero-order chi connectivity index (χ0) is 13.0. The molecular weight excluding hydrogens is 234 g/mol. The Labute approximate surface area is 106 Å². The van der Waals surface area contributed by atoms with Crippen LogP contribution in [0.2, 0.25) is 0 Å². The SMILES string of the molecule is NC(Cc1ccc(O)cc1)C(=O)OC1CCOC1. The predicted octanol–water partition coefficient (Wildman–Crippen LogP) is 0.594. The monoisotopic (exact) mass is 251 g/mol. The molecule has 5 heteroatoms. The molecular formula is C13H17NO4. The number of phenols is 1. The second-order valence-electron chi connectivity index (χ2n) is 4.40. The lowest BCUT2D eigenvalue weighted by Gasteiger charge is -2.15. The maximum atomic E-state index is 11.7. The molecule has 98 valence electrons. The van der Waals surface area contributed by atoms with Gasteiger partial charge in [-0.25, -0.2) is 0 Å². The number of phenolic OH excluding ortho intramolecular Hbond substituents is 1. The Morgan fingerprint density at radius 3 is 2.83 bits per heavy atom. The van der Waals surface area contributed by atoms with Crippen LogP contribution < -0.4 is 5.73 Å². The van der Waals surface area contributed by atoms with Gasteiger partial charge in [-0.15, -0.1) is 0 Å². The maximum Gasteiger partial charge on any atom is 0.323 e. The van der Waals surface area contributed by atoms with Crippen molar-refractivity contribution in [2.45, 2.75) is 25.0 Å². The molecule has 0 aliphatic carbocycles. The highest BCUT2D eigenvalue weighted by Gasteiger charge is 2.23. The highest BCUT2D eigenvalue weighted by Crippen LogP contribution is 2.13. The average molecular weight is 251 g/mol. The summed E-state index contributed by atoms with van der Waals surface area (Å²) >= 11 is 0. The highest BCUT2D eigenvalue weighted by atomic mass is 16.6. The quantitative estimate of drug-likeness (QED) is 0.765. The number of rotatable bonds is 4. The minimum absolute atomic E-state index is 0.164. The van der Waals surface area contributed by atoms with E-state index in [1.54, 1.807) is 24.3 Å². The first-order valence-electron chi connectivity index (χ1n) is 5.97. The minimum atomic E-state index is -0.685. The number of ether oxygens (including phenoxy) is 2. The summed E-state index contributed by atoms with van der Waals surface area (Å²) in [6.07, 6.45) is 0.966. The summed E-state index contributed by atoms with van der Waals surface area (Å²) in [6, 6.07) is 5.92. The third-order valence-corrected chi connectivity index (χ3v) is 2.87. The van der Waals surface area contributed by atoms with E-state index in [4.69, 9.17) is 20.3 Å². The van der Waals surface area contributed by atoms with E-state index in [0.29, 0.717) is 19.6 Å². The second kappa shape index (κ2) is 5.84. The van der Waals surface area contributed by atoms with E-state index >= 15 is 0 Å². The topological polar surface area (TPSA) is 81.8 Å². The number of hydrogen-bond donors (Lipinski definition) is 2. The Hall–Kier alpha value is -1.59. The van der Waals surface area contributed by atoms with E-state index in [1.165, 1.54) is 0 Å². The lowest BCUT2D eigenvalue weighted by atomic mass is 10.1. The lowest BCUT2D eigenvalue weighted by molar-refractivity contribution is -0.150. The summed E-state index contributed by atoms with van der Waals surface area (Å²) in [5, 5.41) is 9.15. The maximum absolute atomic E-state index is 11.7. The number of hydrogen-bond acceptors (Lipinski definition) is 5. The van der Waals surface area contributed by atoms with Gasteiger partial charge in [0.25, 0.3) is 0 Å². The third kappa shape index (κ3) is 3.45. The van der Waals surface area contributed by atoms with Crippen molar-refractivity contribution in [1.29, 1.82) is 0 Å². The van der Waals surface area contributed by atoms with Crippen LogP contribution in [-0.2, 0) is 20.7 Å². The van der Waals surface area contributed by atoms with Crippen LogP contribution in [-0.4, -0.2) is 36.4 Å². The predicted molar refractivity (Wildman–Crippen MR) is 65.1 cm³/mol. The third-order valence-electron chi connectivity index (χ3n) is 2.87. The van der Waals surface area contributed by atoms with Gasteiger partial charge < -0.3 is 20.3 Å². The van der Waals surface area contributed by atoms with Crippen molar-refractivity contribution in [3.8, 4) is 5.75 Å². The largest absolute Gasteiger partial charge is 0.508 e. The van der Waals surface area contributed by atoms with Crippen molar-refractivity contribution in [3.63, 3.8) is 0 Å². The van der Waals surface area contributed by atoms with Crippen molar-refractivity contribution >= 4 is 5.97 Å². The fourth-order valence-electron chi connectivity index (χ4n) is 1.83. The summed E-state index contributed by atoms with van der Waals surface area (Å²) < 4.78 is 10.4. The van der Waals surface area contributed by atoms with Gasteiger partial charge >= 0.3 is 5.97 Å². The second-order valence-corrected chi connectivity index (χ2v) is 4.40. The van der Waals surface area contributed by atoms with Crippen LogP contribution >= 0.6 is 0 Å². The van der Waals surface area contributed by atoms with Gasteiger partial charge in [0, 0.05) is 6.42 Å². The van der Waals surface area contributed by atoms with Crippen LogP contribution in [0.4, 0.5) is 0 Å². The van der Waals surface area contributed by atoms with Crippen LogP contribution in [0.15, 0.2) is 24.3 Å². The smallest absolute Gasteiger partial charge is 0.323 e. The van der Waals surface area contributed by atoms with Crippen LogP contribution in [0.5, 0.6) is 5.75 Å². The molecule has 1 aromatic rings. The van der Waals surface area contributed by atoms with E-state index in [9.17, 15) is 4.79 Å². The van der Waals surface area contributed by atoms with Crippen LogP contribution in [0.3, 0.4) is 0 Å². The molecule has 0 bridgehead atoms. The Kier molecular flexibility index (Phi) is 4.17. The lowest BCUT2D eigenvalue weighted by Crippen LogP contribution is -2.36. The van der Waals surface area contributed by atoms with Crippen molar-refractivity contribution < 1.29 is 19.4 Å². The van der Waals surface area contributed by atoms with Gasteiger partial charge in [-0.1, -0.05) is 12.1 Å². The van der Waals surface area contributed by atoms with Gasteiger partial charge in [0.2, 0.25) is 0 Å². The fraction of sp³-hybridized carbons (Fsp3) is 0.462. The highest BCUT2D eigenvalue weighted by molar-refractivity contribution is 5.76. The zero-order valence-electron chi connectivity index (χ0n) is 10.0. The van der Waals surface area contributed by atoms with E-state index < -0.39 is 12.0 Å². The minimum Gasteiger partial charge on any atom is -0.508 e. The van der Waals surface area contributed by atoms with Gasteiger partial charge in [-0.3, -0.25) is 4.79 Å².